The lowest BCUT2D eigenvalue weighted by Gasteiger charge is -2.30. The van der Waals surface area contributed by atoms with Gasteiger partial charge in [-0.2, -0.15) is 0 Å². The molecule has 1 amide bonds. The summed E-state index contributed by atoms with van der Waals surface area (Å²) in [5.41, 5.74) is 5.53. The maximum absolute atomic E-state index is 13.2. The Labute approximate surface area is 203 Å². The van der Waals surface area contributed by atoms with E-state index in [1.807, 2.05) is 37.2 Å². The predicted molar refractivity (Wildman–Crippen MR) is 137 cm³/mol. The van der Waals surface area contributed by atoms with Crippen LogP contribution < -0.4 is 4.90 Å². The van der Waals surface area contributed by atoms with Gasteiger partial charge < -0.3 is 19.2 Å². The molecule has 1 aliphatic rings. The smallest absolute Gasteiger partial charge is 0.233 e. The van der Waals surface area contributed by atoms with Gasteiger partial charge in [0, 0.05) is 38.2 Å². The molecule has 2 aromatic carbocycles. The Morgan fingerprint density at radius 1 is 1.03 bits per heavy atom. The molecule has 3 aromatic rings. The molecule has 0 saturated carbocycles. The Balaban J connectivity index is 1.69. The summed E-state index contributed by atoms with van der Waals surface area (Å²) in [7, 11) is 4.08. The fourth-order valence-electron chi connectivity index (χ4n) is 4.47. The molecule has 6 heteroatoms. The number of hydrogen-bond donors (Lipinski definition) is 0. The van der Waals surface area contributed by atoms with Gasteiger partial charge in [0.05, 0.1) is 12.1 Å². The SMILES string of the molecule is CC(C)CC(=O)N(CCN(C)C)Cc1c(-c2ccccc2)noc1N1CCc2ccccc2C1. The highest BCUT2D eigenvalue weighted by Crippen LogP contribution is 2.35. The van der Waals surface area contributed by atoms with Gasteiger partial charge in [-0.25, -0.2) is 0 Å². The summed E-state index contributed by atoms with van der Waals surface area (Å²) in [6, 6.07) is 18.7. The monoisotopic (exact) mass is 460 g/mol. The fourth-order valence-corrected chi connectivity index (χ4v) is 4.47. The molecule has 34 heavy (non-hydrogen) atoms. The van der Waals surface area contributed by atoms with E-state index in [9.17, 15) is 4.79 Å². The van der Waals surface area contributed by atoms with Crippen LogP contribution in [0.15, 0.2) is 59.1 Å². The molecule has 0 unspecified atom stereocenters. The van der Waals surface area contributed by atoms with E-state index in [4.69, 9.17) is 4.52 Å². The molecule has 0 saturated heterocycles. The van der Waals surface area contributed by atoms with Crippen molar-refractivity contribution in [3.8, 4) is 11.3 Å². The van der Waals surface area contributed by atoms with Gasteiger partial charge in [-0.3, -0.25) is 4.79 Å². The van der Waals surface area contributed by atoms with Gasteiger partial charge in [0.15, 0.2) is 0 Å². The van der Waals surface area contributed by atoms with E-state index >= 15 is 0 Å². The van der Waals surface area contributed by atoms with E-state index in [0.29, 0.717) is 25.4 Å². The van der Waals surface area contributed by atoms with Crippen LogP contribution in [0, 0.1) is 5.92 Å². The Kier molecular flexibility index (Phi) is 7.68. The van der Waals surface area contributed by atoms with Crippen LogP contribution in [0.1, 0.15) is 37.0 Å². The first-order valence-electron chi connectivity index (χ1n) is 12.2. The molecule has 0 atom stereocenters. The third-order valence-corrected chi connectivity index (χ3v) is 6.33. The second kappa shape index (κ2) is 10.9. The van der Waals surface area contributed by atoms with E-state index < -0.39 is 0 Å². The lowest BCUT2D eigenvalue weighted by molar-refractivity contribution is -0.132. The van der Waals surface area contributed by atoms with Gasteiger partial charge in [0.1, 0.15) is 5.69 Å². The van der Waals surface area contributed by atoms with E-state index in [-0.39, 0.29) is 5.91 Å². The Hall–Kier alpha value is -3.12. The summed E-state index contributed by atoms with van der Waals surface area (Å²) in [5.74, 6) is 1.26. The zero-order valence-corrected chi connectivity index (χ0v) is 20.8. The highest BCUT2D eigenvalue weighted by molar-refractivity contribution is 5.77. The highest BCUT2D eigenvalue weighted by Gasteiger charge is 2.28. The summed E-state index contributed by atoms with van der Waals surface area (Å²) in [5, 5.41) is 4.52. The maximum Gasteiger partial charge on any atom is 0.233 e. The molecule has 0 N–H and O–H groups in total. The third-order valence-electron chi connectivity index (χ3n) is 6.33. The van der Waals surface area contributed by atoms with Gasteiger partial charge in [-0.15, -0.1) is 0 Å². The molecule has 6 nitrogen and oxygen atoms in total. The quantitative estimate of drug-likeness (QED) is 0.457. The molecule has 4 rings (SSSR count). The van der Waals surface area contributed by atoms with Crippen molar-refractivity contribution < 1.29 is 9.32 Å². The third kappa shape index (κ3) is 5.68. The number of benzene rings is 2. The number of likely N-dealkylation sites (N-methyl/N-ethyl adjacent to an activating group) is 1. The molecule has 180 valence electrons. The average Bonchev–Trinajstić information content (AvgIpc) is 3.24. The Morgan fingerprint density at radius 2 is 1.74 bits per heavy atom. The number of anilines is 1. The van der Waals surface area contributed by atoms with Crippen LogP contribution >= 0.6 is 0 Å². The summed E-state index contributed by atoms with van der Waals surface area (Å²) >= 11 is 0. The summed E-state index contributed by atoms with van der Waals surface area (Å²) in [6.07, 6.45) is 1.50. The van der Waals surface area contributed by atoms with Crippen molar-refractivity contribution in [2.24, 2.45) is 5.92 Å². The van der Waals surface area contributed by atoms with Gasteiger partial charge in [-0.1, -0.05) is 73.6 Å². The zero-order valence-electron chi connectivity index (χ0n) is 20.8. The first-order chi connectivity index (χ1) is 16.4. The van der Waals surface area contributed by atoms with Gasteiger partial charge >= 0.3 is 0 Å². The fraction of sp³-hybridized carbons (Fsp3) is 0.429. The number of rotatable bonds is 9. The molecule has 2 heterocycles. The molecule has 1 aromatic heterocycles. The summed E-state index contributed by atoms with van der Waals surface area (Å²) in [4.78, 5) is 19.6. The number of carbonyl (C=O) groups excluding carboxylic acids is 1. The number of fused-ring (bicyclic) bond motifs is 1. The highest BCUT2D eigenvalue weighted by atomic mass is 16.5. The second-order valence-corrected chi connectivity index (χ2v) is 9.84. The number of aromatic nitrogens is 1. The lowest BCUT2D eigenvalue weighted by Crippen LogP contribution is -2.37. The van der Waals surface area contributed by atoms with E-state index in [1.165, 1.54) is 11.1 Å². The van der Waals surface area contributed by atoms with Crippen molar-refractivity contribution in [3.05, 3.63) is 71.3 Å². The largest absolute Gasteiger partial charge is 0.338 e. The van der Waals surface area contributed by atoms with Crippen molar-refractivity contribution in [3.63, 3.8) is 0 Å². The van der Waals surface area contributed by atoms with Gasteiger partial charge in [-0.05, 0) is 37.6 Å². The summed E-state index contributed by atoms with van der Waals surface area (Å²) < 4.78 is 6.02. The normalized spacial score (nSPS) is 13.4. The standard InChI is InChI=1S/C28H36N4O2/c1-21(2)18-26(33)31(17-16-30(3)4)20-25-27(23-11-6-5-7-12-23)29-34-28(25)32-15-14-22-10-8-9-13-24(22)19-32/h5-13,21H,14-20H2,1-4H3. The van der Waals surface area contributed by atoms with Crippen LogP contribution in [0.25, 0.3) is 11.3 Å². The second-order valence-electron chi connectivity index (χ2n) is 9.84. The topological polar surface area (TPSA) is 52.8 Å². The van der Waals surface area contributed by atoms with Crippen molar-refractivity contribution in [2.75, 3.05) is 38.6 Å². The molecule has 0 radical (unpaired) electrons. The number of carbonyl (C=O) groups is 1. The molecular formula is C28H36N4O2. The molecule has 0 aliphatic carbocycles. The van der Waals surface area contributed by atoms with E-state index in [0.717, 1.165) is 48.8 Å². The zero-order chi connectivity index (χ0) is 24.1. The van der Waals surface area contributed by atoms with Crippen LogP contribution in [0.3, 0.4) is 0 Å². The number of nitrogens with zero attached hydrogens (tertiary/aromatic N) is 4. The Bertz CT molecular complexity index is 1090. The van der Waals surface area contributed by atoms with Crippen molar-refractivity contribution in [2.45, 2.75) is 39.8 Å². The van der Waals surface area contributed by atoms with Crippen molar-refractivity contribution in [1.82, 2.24) is 15.0 Å². The van der Waals surface area contributed by atoms with Gasteiger partial charge in [0.2, 0.25) is 11.8 Å². The van der Waals surface area contributed by atoms with Crippen LogP contribution in [0.5, 0.6) is 0 Å². The first kappa shape index (κ1) is 24.0. The van der Waals surface area contributed by atoms with Crippen LogP contribution in [0.2, 0.25) is 0 Å². The summed E-state index contributed by atoms with van der Waals surface area (Å²) in [6.45, 7) is 7.79. The van der Waals surface area contributed by atoms with Crippen LogP contribution in [-0.4, -0.2) is 54.6 Å². The molecule has 1 aliphatic heterocycles. The predicted octanol–water partition coefficient (Wildman–Crippen LogP) is 4.84. The minimum absolute atomic E-state index is 0.173. The minimum atomic E-state index is 0.173. The lowest BCUT2D eigenvalue weighted by atomic mass is 9.99. The van der Waals surface area contributed by atoms with Crippen LogP contribution in [-0.2, 0) is 24.3 Å². The molecule has 0 bridgehead atoms. The minimum Gasteiger partial charge on any atom is -0.338 e. The maximum atomic E-state index is 13.2. The molecular weight excluding hydrogens is 424 g/mol. The Morgan fingerprint density at radius 3 is 2.44 bits per heavy atom. The number of amides is 1. The molecule has 0 fully saturated rings. The molecule has 0 spiro atoms. The number of hydrogen-bond acceptors (Lipinski definition) is 5. The van der Waals surface area contributed by atoms with Crippen LogP contribution in [0.4, 0.5) is 5.88 Å². The average molecular weight is 461 g/mol. The van der Waals surface area contributed by atoms with E-state index in [1.54, 1.807) is 0 Å². The van der Waals surface area contributed by atoms with E-state index in [2.05, 4.69) is 65.2 Å². The first-order valence-corrected chi connectivity index (χ1v) is 12.2. The van der Waals surface area contributed by atoms with Gasteiger partial charge in [0.25, 0.3) is 0 Å². The van der Waals surface area contributed by atoms with Crippen molar-refractivity contribution >= 4 is 11.8 Å². The van der Waals surface area contributed by atoms with Crippen molar-refractivity contribution in [1.29, 1.82) is 0 Å².